The SMILES string of the molecule is CC(=O)OC(OC(C)=O)C1CC2C=CC1C2. The second kappa shape index (κ2) is 4.28. The first-order chi connectivity index (χ1) is 7.56. The van der Waals surface area contributed by atoms with E-state index in [0.717, 1.165) is 12.8 Å². The van der Waals surface area contributed by atoms with Crippen molar-refractivity contribution in [1.82, 2.24) is 0 Å². The maximum Gasteiger partial charge on any atom is 0.305 e. The number of rotatable bonds is 3. The average molecular weight is 224 g/mol. The van der Waals surface area contributed by atoms with Crippen molar-refractivity contribution in [2.75, 3.05) is 0 Å². The van der Waals surface area contributed by atoms with Gasteiger partial charge in [-0.25, -0.2) is 0 Å². The van der Waals surface area contributed by atoms with Crippen LogP contribution in [0.2, 0.25) is 0 Å². The van der Waals surface area contributed by atoms with Gasteiger partial charge in [0.15, 0.2) is 0 Å². The zero-order valence-electron chi connectivity index (χ0n) is 9.51. The zero-order valence-corrected chi connectivity index (χ0v) is 9.51. The number of hydrogen-bond acceptors (Lipinski definition) is 4. The second-order valence-electron chi connectivity index (χ2n) is 4.53. The minimum atomic E-state index is -0.713. The number of fused-ring (bicyclic) bond motifs is 2. The number of ether oxygens (including phenoxy) is 2. The van der Waals surface area contributed by atoms with Crippen LogP contribution in [0.5, 0.6) is 0 Å². The van der Waals surface area contributed by atoms with Gasteiger partial charge < -0.3 is 9.47 Å². The van der Waals surface area contributed by atoms with Crippen LogP contribution in [0.4, 0.5) is 0 Å². The van der Waals surface area contributed by atoms with Gasteiger partial charge in [-0.3, -0.25) is 9.59 Å². The van der Waals surface area contributed by atoms with Gasteiger partial charge in [0, 0.05) is 19.8 Å². The molecular weight excluding hydrogens is 208 g/mol. The lowest BCUT2D eigenvalue weighted by Gasteiger charge is -2.26. The van der Waals surface area contributed by atoms with E-state index in [1.54, 1.807) is 0 Å². The smallest absolute Gasteiger partial charge is 0.305 e. The summed E-state index contributed by atoms with van der Waals surface area (Å²) in [7, 11) is 0. The molecule has 88 valence electrons. The van der Waals surface area contributed by atoms with Crippen molar-refractivity contribution in [3.05, 3.63) is 12.2 Å². The Morgan fingerprint density at radius 3 is 2.12 bits per heavy atom. The quantitative estimate of drug-likeness (QED) is 0.415. The molecule has 2 aliphatic carbocycles. The second-order valence-corrected chi connectivity index (χ2v) is 4.53. The van der Waals surface area contributed by atoms with Crippen molar-refractivity contribution in [1.29, 1.82) is 0 Å². The molecule has 16 heavy (non-hydrogen) atoms. The topological polar surface area (TPSA) is 52.6 Å². The van der Waals surface area contributed by atoms with Gasteiger partial charge >= 0.3 is 11.9 Å². The third-order valence-electron chi connectivity index (χ3n) is 3.24. The summed E-state index contributed by atoms with van der Waals surface area (Å²) in [4.78, 5) is 21.9. The van der Waals surface area contributed by atoms with Crippen LogP contribution in [-0.4, -0.2) is 18.2 Å². The molecule has 0 heterocycles. The van der Waals surface area contributed by atoms with Crippen LogP contribution in [0.15, 0.2) is 12.2 Å². The van der Waals surface area contributed by atoms with Gasteiger partial charge in [-0.15, -0.1) is 0 Å². The monoisotopic (exact) mass is 224 g/mol. The Kier molecular flexibility index (Phi) is 2.99. The molecule has 2 bridgehead atoms. The van der Waals surface area contributed by atoms with E-state index in [9.17, 15) is 9.59 Å². The van der Waals surface area contributed by atoms with Crippen LogP contribution in [0.25, 0.3) is 0 Å². The van der Waals surface area contributed by atoms with Gasteiger partial charge in [-0.1, -0.05) is 12.2 Å². The minimum Gasteiger partial charge on any atom is -0.425 e. The highest BCUT2D eigenvalue weighted by Gasteiger charge is 2.43. The third kappa shape index (κ3) is 2.26. The van der Waals surface area contributed by atoms with E-state index in [4.69, 9.17) is 9.47 Å². The molecular formula is C12H16O4. The molecule has 2 rings (SSSR count). The van der Waals surface area contributed by atoms with E-state index in [1.807, 2.05) is 0 Å². The highest BCUT2D eigenvalue weighted by Crippen LogP contribution is 2.45. The molecule has 0 amide bonds. The standard InChI is InChI=1S/C12H16O4/c1-7(13)15-12(16-8(2)14)11-6-9-3-4-10(11)5-9/h3-4,9-12H,5-6H2,1-2H3. The first-order valence-electron chi connectivity index (χ1n) is 5.59. The first-order valence-corrected chi connectivity index (χ1v) is 5.59. The summed E-state index contributed by atoms with van der Waals surface area (Å²) >= 11 is 0. The summed E-state index contributed by atoms with van der Waals surface area (Å²) in [6.45, 7) is 2.67. The maximum atomic E-state index is 11.0. The number of esters is 2. The normalized spacial score (nSPS) is 30.8. The van der Waals surface area contributed by atoms with Crippen molar-refractivity contribution in [2.45, 2.75) is 33.0 Å². The fourth-order valence-electron chi connectivity index (χ4n) is 2.66. The van der Waals surface area contributed by atoms with Gasteiger partial charge in [0.2, 0.25) is 0 Å². The van der Waals surface area contributed by atoms with Gasteiger partial charge in [0.1, 0.15) is 0 Å². The highest BCUT2D eigenvalue weighted by atomic mass is 16.7. The zero-order chi connectivity index (χ0) is 11.7. The van der Waals surface area contributed by atoms with Gasteiger partial charge in [0.25, 0.3) is 6.29 Å². The molecule has 0 aromatic carbocycles. The molecule has 4 heteroatoms. The lowest BCUT2D eigenvalue weighted by molar-refractivity contribution is -0.196. The van der Waals surface area contributed by atoms with E-state index in [0.29, 0.717) is 11.8 Å². The Morgan fingerprint density at radius 2 is 1.75 bits per heavy atom. The largest absolute Gasteiger partial charge is 0.425 e. The molecule has 0 N–H and O–H groups in total. The fraction of sp³-hybridized carbons (Fsp3) is 0.667. The van der Waals surface area contributed by atoms with Crippen LogP contribution >= 0.6 is 0 Å². The average Bonchev–Trinajstić information content (AvgIpc) is 2.75. The van der Waals surface area contributed by atoms with E-state index in [1.165, 1.54) is 13.8 Å². The van der Waals surface area contributed by atoms with Crippen molar-refractivity contribution in [3.63, 3.8) is 0 Å². The van der Waals surface area contributed by atoms with Gasteiger partial charge in [0.05, 0.1) is 0 Å². The highest BCUT2D eigenvalue weighted by molar-refractivity contribution is 5.68. The predicted molar refractivity (Wildman–Crippen MR) is 56.2 cm³/mol. The molecule has 0 aromatic rings. The summed E-state index contributed by atoms with van der Waals surface area (Å²) in [5, 5.41) is 0. The summed E-state index contributed by atoms with van der Waals surface area (Å²) in [5.41, 5.74) is 0. The summed E-state index contributed by atoms with van der Waals surface area (Å²) in [5.74, 6) is 0.260. The molecule has 3 atom stereocenters. The number of allylic oxidation sites excluding steroid dienone is 2. The van der Waals surface area contributed by atoms with E-state index < -0.39 is 18.2 Å². The molecule has 0 aliphatic heterocycles. The maximum absolute atomic E-state index is 11.0. The third-order valence-corrected chi connectivity index (χ3v) is 3.24. The van der Waals surface area contributed by atoms with Crippen LogP contribution in [0, 0.1) is 17.8 Å². The molecule has 0 radical (unpaired) electrons. The molecule has 0 saturated heterocycles. The Morgan fingerprint density at radius 1 is 1.12 bits per heavy atom. The van der Waals surface area contributed by atoms with Crippen molar-refractivity contribution in [3.8, 4) is 0 Å². The van der Waals surface area contributed by atoms with Crippen molar-refractivity contribution in [2.24, 2.45) is 17.8 Å². The minimum absolute atomic E-state index is 0.128. The number of hydrogen-bond donors (Lipinski definition) is 0. The van der Waals surface area contributed by atoms with Crippen LogP contribution in [-0.2, 0) is 19.1 Å². The van der Waals surface area contributed by atoms with Crippen LogP contribution in [0.3, 0.4) is 0 Å². The van der Waals surface area contributed by atoms with E-state index >= 15 is 0 Å². The Hall–Kier alpha value is -1.32. The number of carbonyl (C=O) groups is 2. The molecule has 0 spiro atoms. The summed E-state index contributed by atoms with van der Waals surface area (Å²) in [6.07, 6.45) is 5.64. The lowest BCUT2D eigenvalue weighted by atomic mass is 9.93. The predicted octanol–water partition coefficient (Wildman–Crippen LogP) is 1.65. The van der Waals surface area contributed by atoms with E-state index in [2.05, 4.69) is 12.2 Å². The van der Waals surface area contributed by atoms with Crippen LogP contribution < -0.4 is 0 Å². The van der Waals surface area contributed by atoms with Crippen molar-refractivity contribution >= 4 is 11.9 Å². The molecule has 2 aliphatic rings. The lowest BCUT2D eigenvalue weighted by Crippen LogP contribution is -2.33. The van der Waals surface area contributed by atoms with Gasteiger partial charge in [-0.2, -0.15) is 0 Å². The summed E-state index contributed by atoms with van der Waals surface area (Å²) in [6, 6.07) is 0. The van der Waals surface area contributed by atoms with E-state index in [-0.39, 0.29) is 5.92 Å². The molecule has 3 unspecified atom stereocenters. The number of carbonyl (C=O) groups excluding carboxylic acids is 2. The molecule has 0 aromatic heterocycles. The Labute approximate surface area is 94.6 Å². The molecule has 1 saturated carbocycles. The Bertz CT molecular complexity index is 318. The first kappa shape index (κ1) is 11.2. The van der Waals surface area contributed by atoms with Crippen molar-refractivity contribution < 1.29 is 19.1 Å². The Balaban J connectivity index is 2.03. The summed E-state index contributed by atoms with van der Waals surface area (Å²) < 4.78 is 10.2. The molecule has 4 nitrogen and oxygen atoms in total. The molecule has 1 fully saturated rings. The van der Waals surface area contributed by atoms with Crippen LogP contribution in [0.1, 0.15) is 26.7 Å². The van der Waals surface area contributed by atoms with Gasteiger partial charge in [-0.05, 0) is 24.7 Å². The fourth-order valence-corrected chi connectivity index (χ4v) is 2.66.